The fourth-order valence-corrected chi connectivity index (χ4v) is 0.653. The number of nitrogens with one attached hydrogen (secondary N) is 1. The molecule has 0 unspecified atom stereocenters. The second-order valence-electron chi connectivity index (χ2n) is 3.09. The number of amidine groups is 1. The highest BCUT2D eigenvalue weighted by Gasteiger charge is 2.23. The zero-order valence-electron chi connectivity index (χ0n) is 7.06. The van der Waals surface area contributed by atoms with E-state index in [1.165, 1.54) is 0 Å². The number of rotatable bonds is 3. The van der Waals surface area contributed by atoms with Crippen molar-refractivity contribution < 1.29 is 4.74 Å². The SMILES string of the molecule is CC(C)OC(C)(C)C(=N)N. The van der Waals surface area contributed by atoms with Crippen LogP contribution in [0.4, 0.5) is 0 Å². The molecule has 0 bridgehead atoms. The van der Waals surface area contributed by atoms with Crippen molar-refractivity contribution in [3.05, 3.63) is 0 Å². The van der Waals surface area contributed by atoms with Gasteiger partial charge in [-0.05, 0) is 27.7 Å². The highest BCUT2D eigenvalue weighted by Crippen LogP contribution is 2.10. The van der Waals surface area contributed by atoms with Crippen molar-refractivity contribution in [1.29, 1.82) is 5.41 Å². The van der Waals surface area contributed by atoms with E-state index in [-0.39, 0.29) is 11.9 Å². The van der Waals surface area contributed by atoms with Gasteiger partial charge in [0.1, 0.15) is 11.4 Å². The fourth-order valence-electron chi connectivity index (χ4n) is 0.653. The number of hydrogen-bond donors (Lipinski definition) is 2. The van der Waals surface area contributed by atoms with Crippen LogP contribution in [0.2, 0.25) is 0 Å². The first-order valence-corrected chi connectivity index (χ1v) is 3.38. The van der Waals surface area contributed by atoms with Gasteiger partial charge in [-0.2, -0.15) is 0 Å². The van der Waals surface area contributed by atoms with E-state index >= 15 is 0 Å². The van der Waals surface area contributed by atoms with Crippen LogP contribution >= 0.6 is 0 Å². The molecular formula is C7H16N2O. The predicted molar refractivity (Wildman–Crippen MR) is 42.2 cm³/mol. The normalized spacial score (nSPS) is 12.1. The fraction of sp³-hybridized carbons (Fsp3) is 0.857. The van der Waals surface area contributed by atoms with E-state index in [4.69, 9.17) is 15.9 Å². The lowest BCUT2D eigenvalue weighted by Gasteiger charge is -2.25. The molecule has 0 saturated carbocycles. The molecule has 60 valence electrons. The van der Waals surface area contributed by atoms with E-state index in [0.29, 0.717) is 0 Å². The molecule has 0 aliphatic heterocycles. The van der Waals surface area contributed by atoms with Crippen LogP contribution in [0, 0.1) is 5.41 Å². The summed E-state index contributed by atoms with van der Waals surface area (Å²) in [5, 5.41) is 7.14. The number of nitrogens with two attached hydrogens (primary N) is 1. The Balaban J connectivity index is 4.00. The van der Waals surface area contributed by atoms with Gasteiger partial charge in [-0.3, -0.25) is 5.41 Å². The van der Waals surface area contributed by atoms with E-state index in [1.807, 2.05) is 13.8 Å². The van der Waals surface area contributed by atoms with E-state index in [2.05, 4.69) is 0 Å². The molecule has 0 heterocycles. The Hall–Kier alpha value is -0.570. The predicted octanol–water partition coefficient (Wildman–Crippen LogP) is 1.13. The Morgan fingerprint density at radius 2 is 1.90 bits per heavy atom. The zero-order valence-corrected chi connectivity index (χ0v) is 7.06. The highest BCUT2D eigenvalue weighted by molar-refractivity contribution is 5.85. The average molecular weight is 144 g/mol. The van der Waals surface area contributed by atoms with Crippen LogP contribution in [0.3, 0.4) is 0 Å². The number of ether oxygens (including phenoxy) is 1. The van der Waals surface area contributed by atoms with Crippen molar-refractivity contribution in [2.24, 2.45) is 5.73 Å². The summed E-state index contributed by atoms with van der Waals surface area (Å²) in [5.74, 6) is 0.0706. The van der Waals surface area contributed by atoms with Crippen LogP contribution in [-0.4, -0.2) is 17.5 Å². The Bertz CT molecular complexity index is 130. The van der Waals surface area contributed by atoms with Gasteiger partial charge in [0.15, 0.2) is 0 Å². The molecular weight excluding hydrogens is 128 g/mol. The second kappa shape index (κ2) is 3.01. The van der Waals surface area contributed by atoms with Crippen molar-refractivity contribution in [2.75, 3.05) is 0 Å². The second-order valence-corrected chi connectivity index (χ2v) is 3.09. The summed E-state index contributed by atoms with van der Waals surface area (Å²) in [6.45, 7) is 7.42. The first kappa shape index (κ1) is 9.43. The standard InChI is InChI=1S/C7H16N2O/c1-5(2)10-7(3,4)6(8)9/h5H,1-4H3,(H3,8,9). The molecule has 0 aromatic heterocycles. The molecule has 0 saturated heterocycles. The van der Waals surface area contributed by atoms with Crippen molar-refractivity contribution >= 4 is 5.84 Å². The van der Waals surface area contributed by atoms with Crippen LogP contribution in [0.5, 0.6) is 0 Å². The molecule has 0 aromatic rings. The van der Waals surface area contributed by atoms with Crippen LogP contribution in [0.1, 0.15) is 27.7 Å². The molecule has 0 aromatic carbocycles. The third-order valence-corrected chi connectivity index (χ3v) is 1.18. The van der Waals surface area contributed by atoms with E-state index in [9.17, 15) is 0 Å². The van der Waals surface area contributed by atoms with Gasteiger partial charge in [-0.25, -0.2) is 0 Å². The minimum atomic E-state index is -0.617. The molecule has 0 aliphatic rings. The summed E-state index contributed by atoms with van der Waals surface area (Å²) in [7, 11) is 0. The maximum atomic E-state index is 7.14. The lowest BCUT2D eigenvalue weighted by atomic mass is 10.1. The van der Waals surface area contributed by atoms with Gasteiger partial charge in [-0.15, -0.1) is 0 Å². The molecule has 0 spiro atoms. The van der Waals surface area contributed by atoms with Gasteiger partial charge in [0.2, 0.25) is 0 Å². The first-order chi connectivity index (χ1) is 4.36. The molecule has 3 heteroatoms. The highest BCUT2D eigenvalue weighted by atomic mass is 16.5. The topological polar surface area (TPSA) is 59.1 Å². The average Bonchev–Trinajstić information content (AvgIpc) is 1.60. The minimum absolute atomic E-state index is 0.0706. The summed E-state index contributed by atoms with van der Waals surface area (Å²) < 4.78 is 5.35. The van der Waals surface area contributed by atoms with Crippen molar-refractivity contribution in [3.63, 3.8) is 0 Å². The molecule has 10 heavy (non-hydrogen) atoms. The van der Waals surface area contributed by atoms with Crippen LogP contribution in [-0.2, 0) is 4.74 Å². The minimum Gasteiger partial charge on any atom is -0.385 e. The largest absolute Gasteiger partial charge is 0.385 e. The molecule has 3 N–H and O–H groups in total. The third kappa shape index (κ3) is 2.82. The van der Waals surface area contributed by atoms with Crippen LogP contribution in [0.15, 0.2) is 0 Å². The molecule has 0 amide bonds. The Morgan fingerprint density at radius 3 is 2.00 bits per heavy atom. The van der Waals surface area contributed by atoms with E-state index in [0.717, 1.165) is 0 Å². The monoisotopic (exact) mass is 144 g/mol. The molecule has 3 nitrogen and oxygen atoms in total. The summed E-state index contributed by atoms with van der Waals surface area (Å²) in [5.41, 5.74) is 4.66. The van der Waals surface area contributed by atoms with Gasteiger partial charge in [0, 0.05) is 0 Å². The quantitative estimate of drug-likeness (QED) is 0.460. The van der Waals surface area contributed by atoms with Crippen molar-refractivity contribution in [3.8, 4) is 0 Å². The van der Waals surface area contributed by atoms with Gasteiger partial charge >= 0.3 is 0 Å². The Labute approximate surface area is 62.1 Å². The summed E-state index contributed by atoms with van der Waals surface area (Å²) in [4.78, 5) is 0. The maximum absolute atomic E-state index is 7.14. The lowest BCUT2D eigenvalue weighted by molar-refractivity contribution is -0.0105. The first-order valence-electron chi connectivity index (χ1n) is 3.38. The van der Waals surface area contributed by atoms with E-state index in [1.54, 1.807) is 13.8 Å². The molecule has 0 aliphatic carbocycles. The van der Waals surface area contributed by atoms with Gasteiger partial charge in [0.05, 0.1) is 6.10 Å². The summed E-state index contributed by atoms with van der Waals surface area (Å²) >= 11 is 0. The van der Waals surface area contributed by atoms with Crippen LogP contribution in [0.25, 0.3) is 0 Å². The Morgan fingerprint density at radius 1 is 1.50 bits per heavy atom. The third-order valence-electron chi connectivity index (χ3n) is 1.18. The van der Waals surface area contributed by atoms with Crippen molar-refractivity contribution in [2.45, 2.75) is 39.4 Å². The van der Waals surface area contributed by atoms with Gasteiger partial charge in [-0.1, -0.05) is 0 Å². The molecule has 0 atom stereocenters. The van der Waals surface area contributed by atoms with E-state index < -0.39 is 5.60 Å². The summed E-state index contributed by atoms with van der Waals surface area (Å²) in [6, 6.07) is 0. The van der Waals surface area contributed by atoms with Gasteiger partial charge in [0.25, 0.3) is 0 Å². The molecule has 0 fully saturated rings. The lowest BCUT2D eigenvalue weighted by Crippen LogP contribution is -2.41. The molecule has 0 rings (SSSR count). The van der Waals surface area contributed by atoms with Crippen LogP contribution < -0.4 is 5.73 Å². The number of hydrogen-bond acceptors (Lipinski definition) is 2. The maximum Gasteiger partial charge on any atom is 0.123 e. The summed E-state index contributed by atoms with van der Waals surface area (Å²) in [6.07, 6.45) is 0.110. The molecule has 0 radical (unpaired) electrons. The smallest absolute Gasteiger partial charge is 0.123 e. The zero-order chi connectivity index (χ0) is 8.36. The van der Waals surface area contributed by atoms with Gasteiger partial charge < -0.3 is 10.5 Å². The van der Waals surface area contributed by atoms with Crippen molar-refractivity contribution in [1.82, 2.24) is 0 Å². The Kier molecular flexibility index (Phi) is 2.84.